The van der Waals surface area contributed by atoms with Gasteiger partial charge in [-0.2, -0.15) is 0 Å². The van der Waals surface area contributed by atoms with E-state index < -0.39 is 0 Å². The van der Waals surface area contributed by atoms with Crippen LogP contribution in [0.15, 0.2) is 55.6 Å². The highest BCUT2D eigenvalue weighted by atomic mass is 16.5. The maximum Gasteiger partial charge on any atom is 0.161 e. The van der Waals surface area contributed by atoms with Gasteiger partial charge in [-0.15, -0.1) is 13.2 Å². The molecule has 3 aromatic carbocycles. The standard InChI is InChI=1S/C27H31NO3/c1-6-8-9-12-28-17-25-20-11-10-19(29-3)14-22(20)24-16-27(31-5)26(30-4)15-23(24)21(25)13-18(28)7-2/h6-7,10-11,14-16,18H,1-2,8-9,12-13,17H2,3-5H3/t18-/m1/s1. The predicted molar refractivity (Wildman–Crippen MR) is 129 cm³/mol. The molecule has 1 aliphatic rings. The lowest BCUT2D eigenvalue weighted by Crippen LogP contribution is -2.39. The smallest absolute Gasteiger partial charge is 0.161 e. The Labute approximate surface area is 184 Å². The fraction of sp³-hybridized carbons (Fsp3) is 0.333. The van der Waals surface area contributed by atoms with Gasteiger partial charge in [-0.3, -0.25) is 4.90 Å². The lowest BCUT2D eigenvalue weighted by atomic mass is 9.84. The molecule has 31 heavy (non-hydrogen) atoms. The quantitative estimate of drug-likeness (QED) is 0.259. The summed E-state index contributed by atoms with van der Waals surface area (Å²) in [5.41, 5.74) is 2.76. The van der Waals surface area contributed by atoms with Gasteiger partial charge in [0.2, 0.25) is 0 Å². The highest BCUT2D eigenvalue weighted by Crippen LogP contribution is 2.43. The van der Waals surface area contributed by atoms with E-state index in [2.05, 4.69) is 54.5 Å². The molecule has 3 aromatic rings. The van der Waals surface area contributed by atoms with Gasteiger partial charge in [0, 0.05) is 12.6 Å². The molecular weight excluding hydrogens is 386 g/mol. The summed E-state index contributed by atoms with van der Waals surface area (Å²) in [5.74, 6) is 2.34. The van der Waals surface area contributed by atoms with Crippen molar-refractivity contribution in [3.63, 3.8) is 0 Å². The minimum atomic E-state index is 0.310. The van der Waals surface area contributed by atoms with Gasteiger partial charge in [0.25, 0.3) is 0 Å². The largest absolute Gasteiger partial charge is 0.497 e. The van der Waals surface area contributed by atoms with Crippen LogP contribution in [0.25, 0.3) is 21.5 Å². The Balaban J connectivity index is 1.98. The van der Waals surface area contributed by atoms with Gasteiger partial charge in [-0.1, -0.05) is 18.2 Å². The Morgan fingerprint density at radius 2 is 1.61 bits per heavy atom. The Hall–Kier alpha value is -2.98. The summed E-state index contributed by atoms with van der Waals surface area (Å²) in [7, 11) is 5.08. The van der Waals surface area contributed by atoms with Crippen LogP contribution in [0.5, 0.6) is 17.2 Å². The highest BCUT2D eigenvalue weighted by Gasteiger charge is 2.28. The summed E-state index contributed by atoms with van der Waals surface area (Å²) in [6.45, 7) is 9.94. The monoisotopic (exact) mass is 417 g/mol. The van der Waals surface area contributed by atoms with Gasteiger partial charge in [0.05, 0.1) is 21.3 Å². The zero-order valence-electron chi connectivity index (χ0n) is 18.7. The molecule has 0 bridgehead atoms. The van der Waals surface area contributed by atoms with E-state index in [9.17, 15) is 0 Å². The van der Waals surface area contributed by atoms with Gasteiger partial charge >= 0.3 is 0 Å². The van der Waals surface area contributed by atoms with E-state index in [4.69, 9.17) is 14.2 Å². The number of benzene rings is 3. The number of nitrogens with zero attached hydrogens (tertiary/aromatic N) is 1. The van der Waals surface area contributed by atoms with Crippen molar-refractivity contribution in [2.24, 2.45) is 0 Å². The van der Waals surface area contributed by atoms with Crippen molar-refractivity contribution in [3.05, 3.63) is 66.8 Å². The third-order valence-corrected chi connectivity index (χ3v) is 6.42. The van der Waals surface area contributed by atoms with Crippen molar-refractivity contribution < 1.29 is 14.2 Å². The molecule has 0 unspecified atom stereocenters. The minimum Gasteiger partial charge on any atom is -0.497 e. The highest BCUT2D eigenvalue weighted by molar-refractivity contribution is 6.12. The van der Waals surface area contributed by atoms with E-state index in [1.165, 1.54) is 27.3 Å². The van der Waals surface area contributed by atoms with Crippen LogP contribution in [-0.2, 0) is 13.0 Å². The third kappa shape index (κ3) is 3.77. The summed E-state index contributed by atoms with van der Waals surface area (Å²) >= 11 is 0. The van der Waals surface area contributed by atoms with Gasteiger partial charge in [-0.05, 0) is 82.7 Å². The summed E-state index contributed by atoms with van der Waals surface area (Å²) < 4.78 is 16.8. The lowest BCUT2D eigenvalue weighted by Gasteiger charge is -2.37. The van der Waals surface area contributed by atoms with Crippen molar-refractivity contribution in [2.45, 2.75) is 31.8 Å². The third-order valence-electron chi connectivity index (χ3n) is 6.42. The first-order valence-corrected chi connectivity index (χ1v) is 10.8. The van der Waals surface area contributed by atoms with Gasteiger partial charge in [0.1, 0.15) is 5.75 Å². The Morgan fingerprint density at radius 1 is 0.903 bits per heavy atom. The number of hydrogen-bond donors (Lipinski definition) is 0. The van der Waals surface area contributed by atoms with Crippen LogP contribution in [0.2, 0.25) is 0 Å². The van der Waals surface area contributed by atoms with Crippen molar-refractivity contribution in [2.75, 3.05) is 27.9 Å². The summed E-state index contributed by atoms with van der Waals surface area (Å²) in [6.07, 6.45) is 7.14. The van der Waals surface area contributed by atoms with E-state index in [0.29, 0.717) is 6.04 Å². The summed E-state index contributed by atoms with van der Waals surface area (Å²) in [6, 6.07) is 10.9. The molecule has 0 radical (unpaired) electrons. The molecule has 0 saturated heterocycles. The molecule has 1 heterocycles. The average Bonchev–Trinajstić information content (AvgIpc) is 2.82. The second-order valence-electron chi connectivity index (χ2n) is 8.03. The predicted octanol–water partition coefficient (Wildman–Crippen LogP) is 5.90. The summed E-state index contributed by atoms with van der Waals surface area (Å²) in [4.78, 5) is 2.54. The molecule has 162 valence electrons. The maximum absolute atomic E-state index is 5.64. The molecule has 0 aliphatic carbocycles. The SMILES string of the molecule is C=CCCCN1Cc2c(c3cc(OC)c(OC)cc3c3cc(OC)ccc23)C[C@H]1C=C. The number of rotatable bonds is 8. The Morgan fingerprint density at radius 3 is 2.26 bits per heavy atom. The molecule has 4 nitrogen and oxygen atoms in total. The molecular formula is C27H31NO3. The van der Waals surface area contributed by atoms with Crippen LogP contribution in [-0.4, -0.2) is 38.8 Å². The molecule has 4 rings (SSSR count). The Bertz CT molecular complexity index is 1130. The topological polar surface area (TPSA) is 30.9 Å². The molecule has 0 amide bonds. The van der Waals surface area contributed by atoms with E-state index >= 15 is 0 Å². The van der Waals surface area contributed by atoms with Gasteiger partial charge in [-0.25, -0.2) is 0 Å². The number of methoxy groups -OCH3 is 3. The van der Waals surface area contributed by atoms with E-state index in [-0.39, 0.29) is 0 Å². The zero-order chi connectivity index (χ0) is 22.0. The maximum atomic E-state index is 5.64. The molecule has 0 spiro atoms. The fourth-order valence-electron chi connectivity index (χ4n) is 4.80. The van der Waals surface area contributed by atoms with Crippen molar-refractivity contribution in [3.8, 4) is 17.2 Å². The second kappa shape index (κ2) is 9.03. The van der Waals surface area contributed by atoms with Crippen LogP contribution in [0, 0.1) is 0 Å². The number of hydrogen-bond acceptors (Lipinski definition) is 4. The van der Waals surface area contributed by atoms with Crippen LogP contribution in [0.3, 0.4) is 0 Å². The van der Waals surface area contributed by atoms with Crippen LogP contribution in [0.4, 0.5) is 0 Å². The molecule has 4 heteroatoms. The van der Waals surface area contributed by atoms with Crippen LogP contribution in [0.1, 0.15) is 24.0 Å². The fourth-order valence-corrected chi connectivity index (χ4v) is 4.80. The van der Waals surface area contributed by atoms with Crippen LogP contribution >= 0.6 is 0 Å². The number of fused-ring (bicyclic) bond motifs is 6. The molecule has 0 saturated carbocycles. The Kier molecular flexibility index (Phi) is 6.19. The average molecular weight is 418 g/mol. The van der Waals surface area contributed by atoms with Crippen LogP contribution < -0.4 is 14.2 Å². The molecule has 0 fully saturated rings. The number of unbranched alkanes of at least 4 members (excludes halogenated alkanes) is 1. The first kappa shape index (κ1) is 21.3. The lowest BCUT2D eigenvalue weighted by molar-refractivity contribution is 0.204. The van der Waals surface area contributed by atoms with E-state index in [1.54, 1.807) is 21.3 Å². The molecule has 1 aliphatic heterocycles. The zero-order valence-corrected chi connectivity index (χ0v) is 18.7. The van der Waals surface area contributed by atoms with E-state index in [0.717, 1.165) is 55.0 Å². The first-order valence-electron chi connectivity index (χ1n) is 10.8. The van der Waals surface area contributed by atoms with Crippen molar-refractivity contribution in [1.82, 2.24) is 4.90 Å². The molecule has 1 atom stereocenters. The van der Waals surface area contributed by atoms with Gasteiger partial charge < -0.3 is 14.2 Å². The number of allylic oxidation sites excluding steroid dienone is 1. The second-order valence-corrected chi connectivity index (χ2v) is 8.03. The minimum absolute atomic E-state index is 0.310. The van der Waals surface area contributed by atoms with Crippen molar-refractivity contribution in [1.29, 1.82) is 0 Å². The summed E-state index contributed by atoms with van der Waals surface area (Å²) in [5, 5.41) is 4.82. The first-order chi connectivity index (χ1) is 15.1. The number of ether oxygens (including phenoxy) is 3. The van der Waals surface area contributed by atoms with Crippen molar-refractivity contribution >= 4 is 21.5 Å². The van der Waals surface area contributed by atoms with E-state index in [1.807, 2.05) is 6.08 Å². The normalized spacial score (nSPS) is 16.2. The molecule has 0 aromatic heterocycles. The molecule has 0 N–H and O–H groups in total. The van der Waals surface area contributed by atoms with Gasteiger partial charge in [0.15, 0.2) is 11.5 Å².